The quantitative estimate of drug-likeness (QED) is 0.863. The molecule has 1 amide bonds. The number of ether oxygens (including phenoxy) is 1. The number of oxazole rings is 1. The first-order valence-corrected chi connectivity index (χ1v) is 6.64. The lowest BCUT2D eigenvalue weighted by atomic mass is 10.3. The van der Waals surface area contributed by atoms with Gasteiger partial charge in [-0.3, -0.25) is 14.9 Å². The second-order valence-electron chi connectivity index (χ2n) is 4.00. The third-order valence-electron chi connectivity index (χ3n) is 2.44. The molecule has 0 aliphatic carbocycles. The maximum Gasteiger partial charge on any atom is 0.311 e. The van der Waals surface area contributed by atoms with E-state index >= 15 is 0 Å². The molecule has 2 aromatic rings. The molecule has 0 saturated carbocycles. The Bertz CT molecular complexity index is 647. The number of esters is 1. The van der Waals surface area contributed by atoms with E-state index in [1.807, 2.05) is 0 Å². The maximum atomic E-state index is 12.0. The number of nitrogens with zero attached hydrogens (tertiary/aromatic N) is 2. The molecule has 1 N–H and O–H groups in total. The van der Waals surface area contributed by atoms with Gasteiger partial charge in [-0.1, -0.05) is 0 Å². The van der Waals surface area contributed by atoms with Crippen LogP contribution >= 0.6 is 11.3 Å². The molecule has 2 heterocycles. The Labute approximate surface area is 119 Å². The number of amides is 1. The average molecular weight is 295 g/mol. The van der Waals surface area contributed by atoms with Crippen LogP contribution in [0.4, 0.5) is 5.13 Å². The third-order valence-corrected chi connectivity index (χ3v) is 3.24. The van der Waals surface area contributed by atoms with E-state index in [2.05, 4.69) is 20.0 Å². The number of methoxy groups -OCH3 is 1. The van der Waals surface area contributed by atoms with Crippen molar-refractivity contribution in [1.82, 2.24) is 9.97 Å². The van der Waals surface area contributed by atoms with Crippen LogP contribution in [0.25, 0.3) is 0 Å². The van der Waals surface area contributed by atoms with Gasteiger partial charge in [0.05, 0.1) is 24.9 Å². The van der Waals surface area contributed by atoms with Gasteiger partial charge in [0.1, 0.15) is 0 Å². The Morgan fingerprint density at radius 2 is 2.15 bits per heavy atom. The predicted octanol–water partition coefficient (Wildman–Crippen LogP) is 1.72. The fraction of sp³-hybridized carbons (Fsp3) is 0.333. The summed E-state index contributed by atoms with van der Waals surface area (Å²) in [5.41, 5.74) is 1.06. The Morgan fingerprint density at radius 3 is 2.75 bits per heavy atom. The van der Waals surface area contributed by atoms with Crippen LogP contribution in [0.2, 0.25) is 0 Å². The second-order valence-corrected chi connectivity index (χ2v) is 4.86. The molecule has 0 aliphatic heterocycles. The van der Waals surface area contributed by atoms with Gasteiger partial charge in [0.2, 0.25) is 5.76 Å². The summed E-state index contributed by atoms with van der Waals surface area (Å²) in [5.74, 6) is -0.206. The van der Waals surface area contributed by atoms with Crippen molar-refractivity contribution in [3.05, 3.63) is 28.4 Å². The van der Waals surface area contributed by atoms with E-state index in [1.54, 1.807) is 19.2 Å². The molecule has 106 valence electrons. The van der Waals surface area contributed by atoms with Crippen LogP contribution in [-0.4, -0.2) is 29.0 Å². The molecule has 0 bridgehead atoms. The van der Waals surface area contributed by atoms with Crippen molar-refractivity contribution < 1.29 is 18.7 Å². The summed E-state index contributed by atoms with van der Waals surface area (Å²) in [6, 6.07) is 0. The molecular weight excluding hydrogens is 282 g/mol. The fourth-order valence-electron chi connectivity index (χ4n) is 1.56. The smallest absolute Gasteiger partial charge is 0.311 e. The molecule has 7 nitrogen and oxygen atoms in total. The van der Waals surface area contributed by atoms with E-state index in [-0.39, 0.29) is 18.2 Å². The summed E-state index contributed by atoms with van der Waals surface area (Å²) in [6.45, 7) is 3.36. The number of thiazole rings is 1. The largest absolute Gasteiger partial charge is 0.469 e. The molecule has 0 spiro atoms. The number of hydrogen-bond donors (Lipinski definition) is 1. The second kappa shape index (κ2) is 5.83. The van der Waals surface area contributed by atoms with E-state index in [4.69, 9.17) is 4.42 Å². The molecule has 0 aliphatic rings. The number of nitrogens with one attached hydrogen (secondary N) is 1. The highest BCUT2D eigenvalue weighted by molar-refractivity contribution is 7.14. The maximum absolute atomic E-state index is 12.0. The van der Waals surface area contributed by atoms with Crippen molar-refractivity contribution in [2.75, 3.05) is 12.4 Å². The number of aromatic nitrogens is 2. The van der Waals surface area contributed by atoms with E-state index in [9.17, 15) is 9.59 Å². The third kappa shape index (κ3) is 3.21. The molecule has 2 rings (SSSR count). The number of carbonyl (C=O) groups excluding carboxylic acids is 2. The minimum atomic E-state index is -0.415. The topological polar surface area (TPSA) is 94.3 Å². The lowest BCUT2D eigenvalue weighted by Gasteiger charge is -1.98. The molecule has 0 fully saturated rings. The van der Waals surface area contributed by atoms with E-state index < -0.39 is 5.91 Å². The highest BCUT2D eigenvalue weighted by Crippen LogP contribution is 2.18. The van der Waals surface area contributed by atoms with Gasteiger partial charge in [-0.25, -0.2) is 9.97 Å². The molecule has 0 aromatic carbocycles. The fourth-order valence-corrected chi connectivity index (χ4v) is 2.27. The van der Waals surface area contributed by atoms with Crippen LogP contribution in [0, 0.1) is 13.8 Å². The molecule has 20 heavy (non-hydrogen) atoms. The zero-order chi connectivity index (χ0) is 14.7. The molecule has 0 radical (unpaired) electrons. The van der Waals surface area contributed by atoms with E-state index in [0.29, 0.717) is 22.4 Å². The lowest BCUT2D eigenvalue weighted by Crippen LogP contribution is -2.12. The number of aryl methyl sites for hydroxylation is 2. The highest BCUT2D eigenvalue weighted by Gasteiger charge is 2.17. The number of anilines is 1. The Kier molecular flexibility index (Phi) is 4.14. The lowest BCUT2D eigenvalue weighted by molar-refractivity contribution is -0.139. The van der Waals surface area contributed by atoms with Gasteiger partial charge in [-0.2, -0.15) is 0 Å². The summed E-state index contributed by atoms with van der Waals surface area (Å²) in [5, 5.41) is 4.68. The van der Waals surface area contributed by atoms with Crippen LogP contribution < -0.4 is 5.32 Å². The van der Waals surface area contributed by atoms with Crippen molar-refractivity contribution in [3.63, 3.8) is 0 Å². The number of hydrogen-bond acceptors (Lipinski definition) is 7. The first kappa shape index (κ1) is 14.2. The summed E-state index contributed by atoms with van der Waals surface area (Å²) >= 11 is 1.22. The van der Waals surface area contributed by atoms with E-state index in [0.717, 1.165) is 0 Å². The van der Waals surface area contributed by atoms with E-state index in [1.165, 1.54) is 18.4 Å². The SMILES string of the molecule is COC(=O)Cc1csc(NC(=O)c2oc(C)nc2C)n1. The summed E-state index contributed by atoms with van der Waals surface area (Å²) in [7, 11) is 1.31. The van der Waals surface area contributed by atoms with Gasteiger partial charge in [0.25, 0.3) is 5.91 Å². The summed E-state index contributed by atoms with van der Waals surface area (Å²) < 4.78 is 9.76. The zero-order valence-electron chi connectivity index (χ0n) is 11.2. The van der Waals surface area contributed by atoms with Crippen LogP contribution in [0.15, 0.2) is 9.80 Å². The minimum absolute atomic E-state index is 0.0727. The first-order chi connectivity index (χ1) is 9.49. The number of carbonyl (C=O) groups is 2. The molecule has 0 saturated heterocycles. The van der Waals surface area contributed by atoms with Crippen LogP contribution in [0.3, 0.4) is 0 Å². The average Bonchev–Trinajstić information content (AvgIpc) is 2.95. The molecule has 0 atom stereocenters. The predicted molar refractivity (Wildman–Crippen MR) is 71.8 cm³/mol. The first-order valence-electron chi connectivity index (χ1n) is 5.76. The normalized spacial score (nSPS) is 10.3. The van der Waals surface area contributed by atoms with Gasteiger partial charge in [0.15, 0.2) is 11.0 Å². The van der Waals surface area contributed by atoms with Crippen molar-refractivity contribution >= 4 is 28.3 Å². The monoisotopic (exact) mass is 295 g/mol. The van der Waals surface area contributed by atoms with Crippen LogP contribution in [0.5, 0.6) is 0 Å². The van der Waals surface area contributed by atoms with Crippen molar-refractivity contribution in [2.24, 2.45) is 0 Å². The Hall–Kier alpha value is -2.22. The van der Waals surface area contributed by atoms with Crippen LogP contribution in [-0.2, 0) is 16.0 Å². The molecule has 8 heteroatoms. The Balaban J connectivity index is 2.05. The van der Waals surface area contributed by atoms with Crippen molar-refractivity contribution in [2.45, 2.75) is 20.3 Å². The minimum Gasteiger partial charge on any atom is -0.469 e. The van der Waals surface area contributed by atoms with Crippen molar-refractivity contribution in [1.29, 1.82) is 0 Å². The van der Waals surface area contributed by atoms with Gasteiger partial charge < -0.3 is 9.15 Å². The summed E-state index contributed by atoms with van der Waals surface area (Å²) in [4.78, 5) is 31.2. The van der Waals surface area contributed by atoms with Gasteiger partial charge in [-0.05, 0) is 6.92 Å². The van der Waals surface area contributed by atoms with Crippen LogP contribution in [0.1, 0.15) is 27.8 Å². The zero-order valence-corrected chi connectivity index (χ0v) is 12.0. The van der Waals surface area contributed by atoms with Gasteiger partial charge >= 0.3 is 5.97 Å². The standard InChI is InChI=1S/C12H13N3O4S/c1-6-10(19-7(2)13-6)11(17)15-12-14-8(5-20-12)4-9(16)18-3/h5H,4H2,1-3H3,(H,14,15,17). The Morgan fingerprint density at radius 1 is 1.40 bits per heavy atom. The van der Waals surface area contributed by atoms with Gasteiger partial charge in [0, 0.05) is 12.3 Å². The molecule has 0 unspecified atom stereocenters. The molecule has 2 aromatic heterocycles. The van der Waals surface area contributed by atoms with Gasteiger partial charge in [-0.15, -0.1) is 11.3 Å². The highest BCUT2D eigenvalue weighted by atomic mass is 32.1. The van der Waals surface area contributed by atoms with Crippen molar-refractivity contribution in [3.8, 4) is 0 Å². The number of rotatable bonds is 4. The molecular formula is C12H13N3O4S. The summed E-state index contributed by atoms with van der Waals surface area (Å²) in [6.07, 6.45) is 0.0727.